The van der Waals surface area contributed by atoms with Gasteiger partial charge in [0.2, 0.25) is 5.91 Å². The third-order valence-electron chi connectivity index (χ3n) is 5.11. The summed E-state index contributed by atoms with van der Waals surface area (Å²) in [5.74, 6) is -0.584. The highest BCUT2D eigenvalue weighted by molar-refractivity contribution is 5.88. The van der Waals surface area contributed by atoms with E-state index in [1.165, 1.54) is 23.1 Å². The van der Waals surface area contributed by atoms with Crippen LogP contribution in [0, 0.1) is 5.41 Å². The molecule has 0 heterocycles. The average Bonchev–Trinajstić information content (AvgIpc) is 2.52. The van der Waals surface area contributed by atoms with Gasteiger partial charge >= 0.3 is 6.36 Å². The third kappa shape index (κ3) is 3.96. The maximum atomic E-state index is 12.9. The molecule has 5 nitrogen and oxygen atoms in total. The van der Waals surface area contributed by atoms with Gasteiger partial charge in [-0.15, -0.1) is 13.2 Å². The zero-order valence-corrected chi connectivity index (χ0v) is 15.4. The minimum Gasteiger partial charge on any atom is -0.406 e. The molecule has 2 N–H and O–H groups in total. The van der Waals surface area contributed by atoms with E-state index in [0.29, 0.717) is 18.6 Å². The molecule has 26 heavy (non-hydrogen) atoms. The van der Waals surface area contributed by atoms with Gasteiger partial charge in [0.1, 0.15) is 11.3 Å². The first kappa shape index (κ1) is 20.5. The van der Waals surface area contributed by atoms with Gasteiger partial charge in [0.15, 0.2) is 0 Å². The maximum absolute atomic E-state index is 12.9. The first-order valence-corrected chi connectivity index (χ1v) is 8.41. The second-order valence-corrected chi connectivity index (χ2v) is 7.20. The van der Waals surface area contributed by atoms with Crippen molar-refractivity contribution in [2.45, 2.75) is 51.7 Å². The Hall–Kier alpha value is -1.80. The lowest BCUT2D eigenvalue weighted by Crippen LogP contribution is -2.75. The van der Waals surface area contributed by atoms with E-state index in [4.69, 9.17) is 10.5 Å². The highest BCUT2D eigenvalue weighted by Gasteiger charge is 2.63. The number of rotatable bonds is 6. The van der Waals surface area contributed by atoms with Crippen LogP contribution in [-0.2, 0) is 16.1 Å². The molecule has 1 aliphatic carbocycles. The van der Waals surface area contributed by atoms with Gasteiger partial charge < -0.3 is 20.1 Å². The first-order chi connectivity index (χ1) is 11.9. The number of alkyl halides is 3. The summed E-state index contributed by atoms with van der Waals surface area (Å²) in [5, 5.41) is 0. The van der Waals surface area contributed by atoms with E-state index >= 15 is 0 Å². The molecule has 0 aromatic heterocycles. The Morgan fingerprint density at radius 2 is 2.04 bits per heavy atom. The van der Waals surface area contributed by atoms with Gasteiger partial charge in [-0.3, -0.25) is 4.79 Å². The van der Waals surface area contributed by atoms with Crippen molar-refractivity contribution in [3.63, 3.8) is 0 Å². The number of ether oxygens (including phenoxy) is 2. The van der Waals surface area contributed by atoms with Crippen molar-refractivity contribution in [3.05, 3.63) is 29.8 Å². The summed E-state index contributed by atoms with van der Waals surface area (Å²) in [6.07, 6.45) is -4.45. The van der Waals surface area contributed by atoms with Crippen LogP contribution in [0.1, 0.15) is 32.8 Å². The minimum absolute atomic E-state index is 0.0987. The van der Waals surface area contributed by atoms with Gasteiger partial charge in [0.05, 0.1) is 6.10 Å². The molecule has 1 fully saturated rings. The molecule has 0 radical (unpaired) electrons. The smallest absolute Gasteiger partial charge is 0.406 e. The molecular weight excluding hydrogens is 349 g/mol. The van der Waals surface area contributed by atoms with E-state index in [1.807, 2.05) is 20.8 Å². The summed E-state index contributed by atoms with van der Waals surface area (Å²) >= 11 is 0. The number of carbonyl (C=O) groups is 1. The molecule has 2 atom stereocenters. The SMILES string of the molecule is CCOC1CC(N)(C(=O)N(C)Cc2cccc(OC(F)(F)F)c2)C1(C)C. The highest BCUT2D eigenvalue weighted by Crippen LogP contribution is 2.50. The zero-order valence-electron chi connectivity index (χ0n) is 15.4. The van der Waals surface area contributed by atoms with Gasteiger partial charge in [-0.1, -0.05) is 26.0 Å². The molecule has 1 aromatic rings. The second-order valence-electron chi connectivity index (χ2n) is 7.20. The van der Waals surface area contributed by atoms with E-state index in [2.05, 4.69) is 4.74 Å². The number of hydrogen-bond donors (Lipinski definition) is 1. The number of nitrogens with two attached hydrogens (primary N) is 1. The van der Waals surface area contributed by atoms with Gasteiger partial charge in [-0.05, 0) is 24.6 Å². The van der Waals surface area contributed by atoms with Crippen LogP contribution in [0.4, 0.5) is 13.2 Å². The average molecular weight is 374 g/mol. The molecule has 2 unspecified atom stereocenters. The van der Waals surface area contributed by atoms with Crippen LogP contribution in [0.15, 0.2) is 24.3 Å². The van der Waals surface area contributed by atoms with E-state index in [9.17, 15) is 18.0 Å². The second kappa shape index (κ2) is 7.08. The topological polar surface area (TPSA) is 64.8 Å². The van der Waals surface area contributed by atoms with Crippen molar-refractivity contribution in [2.75, 3.05) is 13.7 Å². The molecule has 146 valence electrons. The number of halogens is 3. The lowest BCUT2D eigenvalue weighted by Gasteiger charge is -2.58. The highest BCUT2D eigenvalue weighted by atomic mass is 19.4. The van der Waals surface area contributed by atoms with Gasteiger partial charge in [-0.25, -0.2) is 0 Å². The van der Waals surface area contributed by atoms with Crippen LogP contribution < -0.4 is 10.5 Å². The summed E-state index contributed by atoms with van der Waals surface area (Å²) < 4.78 is 46.6. The zero-order chi connectivity index (χ0) is 19.8. The normalized spacial score (nSPS) is 24.7. The van der Waals surface area contributed by atoms with E-state index in [-0.39, 0.29) is 24.3 Å². The lowest BCUT2D eigenvalue weighted by molar-refractivity contribution is -0.274. The Labute approximate surface area is 151 Å². The van der Waals surface area contributed by atoms with Gasteiger partial charge in [-0.2, -0.15) is 0 Å². The Morgan fingerprint density at radius 3 is 2.58 bits per heavy atom. The Kier molecular flexibility index (Phi) is 5.58. The Bertz CT molecular complexity index is 663. The molecule has 0 saturated heterocycles. The molecule has 1 aromatic carbocycles. The number of hydrogen-bond acceptors (Lipinski definition) is 4. The number of likely N-dealkylation sites (N-methyl/N-ethyl adjacent to an activating group) is 1. The van der Waals surface area contributed by atoms with Crippen molar-refractivity contribution in [1.29, 1.82) is 0 Å². The number of benzene rings is 1. The van der Waals surface area contributed by atoms with E-state index in [0.717, 1.165) is 0 Å². The largest absolute Gasteiger partial charge is 0.573 e. The summed E-state index contributed by atoms with van der Waals surface area (Å²) in [6.45, 7) is 6.33. The van der Waals surface area contributed by atoms with Gasteiger partial charge in [0, 0.05) is 32.0 Å². The van der Waals surface area contributed by atoms with Crippen LogP contribution in [0.5, 0.6) is 5.75 Å². The van der Waals surface area contributed by atoms with Crippen molar-refractivity contribution < 1.29 is 27.4 Å². The van der Waals surface area contributed by atoms with E-state index < -0.39 is 17.3 Å². The molecule has 1 amide bonds. The van der Waals surface area contributed by atoms with Crippen LogP contribution in [0.3, 0.4) is 0 Å². The van der Waals surface area contributed by atoms with Crippen molar-refractivity contribution >= 4 is 5.91 Å². The summed E-state index contributed by atoms with van der Waals surface area (Å²) in [4.78, 5) is 14.3. The fraction of sp³-hybridized carbons (Fsp3) is 0.611. The molecule has 0 bridgehead atoms. The van der Waals surface area contributed by atoms with Gasteiger partial charge in [0.25, 0.3) is 0 Å². The molecule has 8 heteroatoms. The maximum Gasteiger partial charge on any atom is 0.573 e. The third-order valence-corrected chi connectivity index (χ3v) is 5.11. The summed E-state index contributed by atoms with van der Waals surface area (Å²) in [7, 11) is 1.58. The Morgan fingerprint density at radius 1 is 1.38 bits per heavy atom. The van der Waals surface area contributed by atoms with Crippen LogP contribution in [-0.4, -0.2) is 42.5 Å². The van der Waals surface area contributed by atoms with Crippen LogP contribution in [0.25, 0.3) is 0 Å². The summed E-state index contributed by atoms with van der Waals surface area (Å²) in [5.41, 5.74) is 5.29. The monoisotopic (exact) mass is 374 g/mol. The number of carbonyl (C=O) groups excluding carboxylic acids is 1. The van der Waals surface area contributed by atoms with Crippen molar-refractivity contribution in [1.82, 2.24) is 4.90 Å². The predicted octanol–water partition coefficient (Wildman–Crippen LogP) is 3.08. The fourth-order valence-electron chi connectivity index (χ4n) is 3.33. The van der Waals surface area contributed by atoms with E-state index in [1.54, 1.807) is 13.1 Å². The quantitative estimate of drug-likeness (QED) is 0.831. The molecule has 1 saturated carbocycles. The number of amides is 1. The number of nitrogens with zero attached hydrogens (tertiary/aromatic N) is 1. The summed E-state index contributed by atoms with van der Waals surface area (Å²) in [6, 6.07) is 5.55. The van der Waals surface area contributed by atoms with Crippen molar-refractivity contribution in [3.8, 4) is 5.75 Å². The molecule has 0 aliphatic heterocycles. The minimum atomic E-state index is -4.76. The fourth-order valence-corrected chi connectivity index (χ4v) is 3.33. The standard InChI is InChI=1S/C18H25F3N2O3/c1-5-25-14-10-17(22,16(14,2)3)15(24)23(4)11-12-7-6-8-13(9-12)26-18(19,20)21/h6-9,14H,5,10-11,22H2,1-4H3. The Balaban J connectivity index is 2.07. The van der Waals surface area contributed by atoms with Crippen LogP contribution >= 0.6 is 0 Å². The molecule has 0 spiro atoms. The van der Waals surface area contributed by atoms with Crippen LogP contribution in [0.2, 0.25) is 0 Å². The first-order valence-electron chi connectivity index (χ1n) is 8.41. The van der Waals surface area contributed by atoms with Crippen molar-refractivity contribution in [2.24, 2.45) is 11.1 Å². The lowest BCUT2D eigenvalue weighted by atomic mass is 9.54. The molecule has 1 aliphatic rings. The predicted molar refractivity (Wildman–Crippen MR) is 90.3 cm³/mol. The molecular formula is C18H25F3N2O3. The molecule has 2 rings (SSSR count).